The number of likely N-dealkylation sites (tertiary alicyclic amines) is 1. The summed E-state index contributed by atoms with van der Waals surface area (Å²) >= 11 is 0. The lowest BCUT2D eigenvalue weighted by atomic mass is 9.87. The largest absolute Gasteiger partial charge is 0.495 e. The molecule has 1 heterocycles. The summed E-state index contributed by atoms with van der Waals surface area (Å²) < 4.78 is 5.38. The molecule has 0 bridgehead atoms. The molecule has 3 amide bonds. The zero-order valence-corrected chi connectivity index (χ0v) is 17.5. The smallest absolute Gasteiger partial charge is 0.319 e. The molecule has 154 valence electrons. The van der Waals surface area contributed by atoms with E-state index in [1.807, 2.05) is 23.1 Å². The summed E-state index contributed by atoms with van der Waals surface area (Å²) in [6.45, 7) is 7.65. The highest BCUT2D eigenvalue weighted by Crippen LogP contribution is 2.32. The highest BCUT2D eigenvalue weighted by molar-refractivity contribution is 5.91. The fraction of sp³-hybridized carbons (Fsp3) is 0.636. The monoisotopic (exact) mass is 387 g/mol. The van der Waals surface area contributed by atoms with E-state index >= 15 is 0 Å². The maximum Gasteiger partial charge on any atom is 0.319 e. The third-order valence-electron chi connectivity index (χ3n) is 5.87. The van der Waals surface area contributed by atoms with E-state index in [4.69, 9.17) is 4.74 Å². The van der Waals surface area contributed by atoms with Crippen LogP contribution in [0.25, 0.3) is 0 Å². The van der Waals surface area contributed by atoms with Gasteiger partial charge in [0.25, 0.3) is 0 Å². The van der Waals surface area contributed by atoms with Crippen LogP contribution in [0, 0.1) is 5.92 Å². The number of carbonyl (C=O) groups excluding carboxylic acids is 2. The van der Waals surface area contributed by atoms with Gasteiger partial charge in [-0.1, -0.05) is 39.7 Å². The maximum absolute atomic E-state index is 12.4. The third kappa shape index (κ3) is 4.78. The summed E-state index contributed by atoms with van der Waals surface area (Å²) in [5, 5.41) is 5.83. The predicted molar refractivity (Wildman–Crippen MR) is 111 cm³/mol. The van der Waals surface area contributed by atoms with Gasteiger partial charge in [-0.25, -0.2) is 4.79 Å². The van der Waals surface area contributed by atoms with E-state index in [1.54, 1.807) is 7.11 Å². The van der Waals surface area contributed by atoms with Gasteiger partial charge < -0.3 is 20.3 Å². The van der Waals surface area contributed by atoms with Crippen molar-refractivity contribution >= 4 is 17.6 Å². The fourth-order valence-electron chi connectivity index (χ4n) is 4.19. The van der Waals surface area contributed by atoms with Crippen LogP contribution in [0.3, 0.4) is 0 Å². The second-order valence-electron chi connectivity index (χ2n) is 9.05. The molecule has 1 saturated heterocycles. The topological polar surface area (TPSA) is 70.7 Å². The van der Waals surface area contributed by atoms with Crippen LogP contribution < -0.4 is 15.4 Å². The van der Waals surface area contributed by atoms with Gasteiger partial charge in [-0.05, 0) is 36.0 Å². The van der Waals surface area contributed by atoms with Crippen molar-refractivity contribution in [3.8, 4) is 5.75 Å². The van der Waals surface area contributed by atoms with Crippen LogP contribution in [-0.2, 0) is 10.2 Å². The molecular weight excluding hydrogens is 354 g/mol. The Kier molecular flexibility index (Phi) is 6.16. The fourth-order valence-corrected chi connectivity index (χ4v) is 4.19. The predicted octanol–water partition coefficient (Wildman–Crippen LogP) is 3.91. The average molecular weight is 388 g/mol. The summed E-state index contributed by atoms with van der Waals surface area (Å²) in [5.74, 6) is 1.05. The summed E-state index contributed by atoms with van der Waals surface area (Å²) in [4.78, 5) is 26.8. The van der Waals surface area contributed by atoms with E-state index in [1.165, 1.54) is 12.8 Å². The number of carbonyl (C=O) groups is 2. The Balaban J connectivity index is 1.55. The molecule has 1 saturated carbocycles. The Morgan fingerprint density at radius 2 is 1.96 bits per heavy atom. The zero-order valence-electron chi connectivity index (χ0n) is 17.5. The van der Waals surface area contributed by atoms with Crippen molar-refractivity contribution in [2.24, 2.45) is 5.92 Å². The van der Waals surface area contributed by atoms with Crippen LogP contribution in [0.2, 0.25) is 0 Å². The van der Waals surface area contributed by atoms with Crippen molar-refractivity contribution in [2.75, 3.05) is 25.5 Å². The normalized spacial score (nSPS) is 20.5. The molecule has 1 aromatic rings. The molecule has 28 heavy (non-hydrogen) atoms. The van der Waals surface area contributed by atoms with Gasteiger partial charge in [0, 0.05) is 31.5 Å². The molecule has 2 fully saturated rings. The summed E-state index contributed by atoms with van der Waals surface area (Å²) in [6, 6.07) is 6.00. The maximum atomic E-state index is 12.4. The van der Waals surface area contributed by atoms with Crippen LogP contribution >= 0.6 is 0 Å². The van der Waals surface area contributed by atoms with E-state index in [9.17, 15) is 9.59 Å². The van der Waals surface area contributed by atoms with Crippen molar-refractivity contribution in [1.29, 1.82) is 0 Å². The number of nitrogens with one attached hydrogen (secondary N) is 2. The molecule has 0 spiro atoms. The van der Waals surface area contributed by atoms with Gasteiger partial charge >= 0.3 is 6.03 Å². The van der Waals surface area contributed by atoms with E-state index in [0.717, 1.165) is 24.9 Å². The van der Waals surface area contributed by atoms with Crippen LogP contribution in [0.5, 0.6) is 5.75 Å². The summed E-state index contributed by atoms with van der Waals surface area (Å²) in [6.07, 6.45) is 5.21. The number of nitrogens with zero attached hydrogens (tertiary/aromatic N) is 1. The molecule has 1 atom stereocenters. The number of methoxy groups -OCH3 is 1. The first-order valence-electron chi connectivity index (χ1n) is 10.3. The minimum atomic E-state index is -0.267. The number of urea groups is 1. The number of hydrogen-bond acceptors (Lipinski definition) is 3. The van der Waals surface area contributed by atoms with Crippen LogP contribution in [0.1, 0.15) is 58.4 Å². The number of anilines is 1. The van der Waals surface area contributed by atoms with Crippen molar-refractivity contribution in [2.45, 2.75) is 64.3 Å². The number of benzene rings is 1. The van der Waals surface area contributed by atoms with Crippen molar-refractivity contribution in [1.82, 2.24) is 10.2 Å². The third-order valence-corrected chi connectivity index (χ3v) is 5.87. The number of amides is 3. The van der Waals surface area contributed by atoms with Gasteiger partial charge in [0.05, 0.1) is 12.8 Å². The SMILES string of the molecule is COc1ccc(C(C)(C)C)cc1NC(=O)NC[C@@H]1CC(=O)N(C2CCCC2)C1. The molecule has 6 heteroatoms. The van der Waals surface area contributed by atoms with Crippen LogP contribution in [0.15, 0.2) is 18.2 Å². The Labute approximate surface area is 168 Å². The second kappa shape index (κ2) is 8.41. The van der Waals surface area contributed by atoms with E-state index in [2.05, 4.69) is 31.4 Å². The molecule has 2 aliphatic rings. The van der Waals surface area contributed by atoms with Crippen molar-refractivity contribution in [3.63, 3.8) is 0 Å². The van der Waals surface area contributed by atoms with Gasteiger partial charge in [-0.3, -0.25) is 4.79 Å². The molecule has 2 N–H and O–H groups in total. The van der Waals surface area contributed by atoms with Gasteiger partial charge in [-0.15, -0.1) is 0 Å². The number of ether oxygens (including phenoxy) is 1. The molecular formula is C22H33N3O3. The second-order valence-corrected chi connectivity index (χ2v) is 9.05. The molecule has 0 unspecified atom stereocenters. The Hall–Kier alpha value is -2.24. The lowest BCUT2D eigenvalue weighted by molar-refractivity contribution is -0.129. The Morgan fingerprint density at radius 3 is 2.61 bits per heavy atom. The van der Waals surface area contributed by atoms with Gasteiger partial charge in [0.2, 0.25) is 5.91 Å². The molecule has 6 nitrogen and oxygen atoms in total. The van der Waals surface area contributed by atoms with Gasteiger partial charge in [-0.2, -0.15) is 0 Å². The van der Waals surface area contributed by atoms with Crippen molar-refractivity contribution < 1.29 is 14.3 Å². The minimum Gasteiger partial charge on any atom is -0.495 e. The van der Waals surface area contributed by atoms with Crippen molar-refractivity contribution in [3.05, 3.63) is 23.8 Å². The minimum absolute atomic E-state index is 0.0207. The average Bonchev–Trinajstić information content (AvgIpc) is 3.28. The van der Waals surface area contributed by atoms with E-state index in [-0.39, 0.29) is 23.3 Å². The highest BCUT2D eigenvalue weighted by atomic mass is 16.5. The number of hydrogen-bond donors (Lipinski definition) is 2. The first kappa shape index (κ1) is 20.5. The molecule has 1 aliphatic carbocycles. The number of rotatable bonds is 5. The molecule has 0 radical (unpaired) electrons. The molecule has 3 rings (SSSR count). The first-order chi connectivity index (χ1) is 13.3. The summed E-state index contributed by atoms with van der Waals surface area (Å²) in [7, 11) is 1.59. The standard InChI is InChI=1S/C22H33N3O3/c1-22(2,3)16-9-10-19(28-4)18(12-16)24-21(27)23-13-15-11-20(26)25(14-15)17-7-5-6-8-17/h9-10,12,15,17H,5-8,11,13-14H2,1-4H3,(H2,23,24,27)/t15-/m0/s1. The molecule has 0 aromatic heterocycles. The highest BCUT2D eigenvalue weighted by Gasteiger charge is 2.35. The quantitative estimate of drug-likeness (QED) is 0.805. The molecule has 1 aliphatic heterocycles. The summed E-state index contributed by atoms with van der Waals surface area (Å²) in [5.41, 5.74) is 1.76. The van der Waals surface area contributed by atoms with Gasteiger partial charge in [0.15, 0.2) is 0 Å². The van der Waals surface area contributed by atoms with Crippen LogP contribution in [0.4, 0.5) is 10.5 Å². The van der Waals surface area contributed by atoms with Crippen LogP contribution in [-0.4, -0.2) is 43.1 Å². The lowest BCUT2D eigenvalue weighted by Gasteiger charge is -2.24. The van der Waals surface area contributed by atoms with Gasteiger partial charge in [0.1, 0.15) is 5.75 Å². The van der Waals surface area contributed by atoms with E-state index in [0.29, 0.717) is 30.4 Å². The first-order valence-corrected chi connectivity index (χ1v) is 10.3. The Morgan fingerprint density at radius 1 is 1.25 bits per heavy atom. The zero-order chi connectivity index (χ0) is 20.3. The Bertz CT molecular complexity index is 720. The lowest BCUT2D eigenvalue weighted by Crippen LogP contribution is -2.37. The van der Waals surface area contributed by atoms with E-state index < -0.39 is 0 Å². The molecule has 1 aromatic carbocycles.